The quantitative estimate of drug-likeness (QED) is 0.832. The molecule has 1 saturated carbocycles. The average molecular weight is 282 g/mol. The van der Waals surface area contributed by atoms with Gasteiger partial charge < -0.3 is 15.3 Å². The van der Waals surface area contributed by atoms with Crippen LogP contribution in [0, 0.1) is 11.8 Å². The molecule has 20 heavy (non-hydrogen) atoms. The summed E-state index contributed by atoms with van der Waals surface area (Å²) in [4.78, 5) is 24.6. The number of carbonyl (C=O) groups excluding carboxylic acids is 1. The highest BCUT2D eigenvalue weighted by molar-refractivity contribution is 5.83. The van der Waals surface area contributed by atoms with E-state index in [0.29, 0.717) is 25.4 Å². The number of likely N-dealkylation sites (tertiary alicyclic amines) is 1. The molecule has 5 heteroatoms. The van der Waals surface area contributed by atoms with Gasteiger partial charge in [0.05, 0.1) is 0 Å². The van der Waals surface area contributed by atoms with Crippen LogP contribution in [0.15, 0.2) is 0 Å². The molecular formula is C15H26N2O3. The molecule has 0 bridgehead atoms. The number of nitrogens with one attached hydrogen (secondary N) is 1. The molecular weight excluding hydrogens is 256 g/mol. The number of urea groups is 1. The predicted molar refractivity (Wildman–Crippen MR) is 76.5 cm³/mol. The summed E-state index contributed by atoms with van der Waals surface area (Å²) in [5, 5.41) is 12.0. The van der Waals surface area contributed by atoms with Crippen molar-refractivity contribution in [3.63, 3.8) is 0 Å². The summed E-state index contributed by atoms with van der Waals surface area (Å²) in [6, 6.07) is -0.835. The predicted octanol–water partition coefficient (Wildman–Crippen LogP) is 2.46. The molecule has 1 aliphatic carbocycles. The Morgan fingerprint density at radius 2 is 1.80 bits per heavy atom. The summed E-state index contributed by atoms with van der Waals surface area (Å²) >= 11 is 0. The van der Waals surface area contributed by atoms with E-state index < -0.39 is 12.0 Å². The van der Waals surface area contributed by atoms with Gasteiger partial charge in [-0.3, -0.25) is 0 Å². The number of amides is 2. The van der Waals surface area contributed by atoms with E-state index in [2.05, 4.69) is 12.2 Å². The van der Waals surface area contributed by atoms with E-state index in [1.165, 1.54) is 37.0 Å². The molecule has 0 aromatic heterocycles. The number of nitrogens with zero attached hydrogens (tertiary/aromatic N) is 1. The second-order valence-electron chi connectivity index (χ2n) is 6.17. The third kappa shape index (κ3) is 3.64. The van der Waals surface area contributed by atoms with Crippen LogP contribution in [0.25, 0.3) is 0 Å². The Labute approximate surface area is 120 Å². The van der Waals surface area contributed by atoms with Crippen LogP contribution >= 0.6 is 0 Å². The SMILES string of the molecule is CCC1CCC(CNC(=O)N2CCC[C@@H]2C(=O)O)CC1. The first kappa shape index (κ1) is 15.1. The zero-order valence-corrected chi connectivity index (χ0v) is 12.3. The molecule has 114 valence electrons. The van der Waals surface area contributed by atoms with Crippen LogP contribution in [0.4, 0.5) is 4.79 Å². The Morgan fingerprint density at radius 3 is 2.40 bits per heavy atom. The molecule has 0 unspecified atom stereocenters. The lowest BCUT2D eigenvalue weighted by Gasteiger charge is -2.29. The Balaban J connectivity index is 1.74. The Bertz CT molecular complexity index is 351. The zero-order valence-electron chi connectivity index (χ0n) is 12.3. The maximum absolute atomic E-state index is 12.1. The van der Waals surface area contributed by atoms with E-state index in [4.69, 9.17) is 5.11 Å². The Hall–Kier alpha value is -1.26. The van der Waals surface area contributed by atoms with Gasteiger partial charge in [0.1, 0.15) is 6.04 Å². The number of hydrogen-bond donors (Lipinski definition) is 2. The molecule has 2 aliphatic rings. The lowest BCUT2D eigenvalue weighted by Crippen LogP contribution is -2.47. The summed E-state index contributed by atoms with van der Waals surface area (Å²) in [5.41, 5.74) is 0. The lowest BCUT2D eigenvalue weighted by molar-refractivity contribution is -0.141. The largest absolute Gasteiger partial charge is 0.480 e. The van der Waals surface area contributed by atoms with Gasteiger partial charge in [-0.25, -0.2) is 9.59 Å². The fourth-order valence-corrected chi connectivity index (χ4v) is 3.44. The molecule has 2 N–H and O–H groups in total. The second kappa shape index (κ2) is 6.95. The van der Waals surface area contributed by atoms with Gasteiger partial charge in [0.15, 0.2) is 0 Å². The number of hydrogen-bond acceptors (Lipinski definition) is 2. The van der Waals surface area contributed by atoms with Gasteiger partial charge >= 0.3 is 12.0 Å². The molecule has 0 aromatic rings. The molecule has 2 fully saturated rings. The fraction of sp³-hybridized carbons (Fsp3) is 0.867. The van der Waals surface area contributed by atoms with Crippen molar-refractivity contribution < 1.29 is 14.7 Å². The van der Waals surface area contributed by atoms with Crippen molar-refractivity contribution in [2.75, 3.05) is 13.1 Å². The number of carboxylic acids is 1. The van der Waals surface area contributed by atoms with Crippen LogP contribution in [0.2, 0.25) is 0 Å². The highest BCUT2D eigenvalue weighted by atomic mass is 16.4. The number of carboxylic acid groups (broad SMARTS) is 1. The summed E-state index contributed by atoms with van der Waals surface area (Å²) in [6.45, 7) is 3.50. The summed E-state index contributed by atoms with van der Waals surface area (Å²) in [6.07, 6.45) is 7.50. The van der Waals surface area contributed by atoms with E-state index in [-0.39, 0.29) is 6.03 Å². The minimum Gasteiger partial charge on any atom is -0.480 e. The molecule has 1 heterocycles. The molecule has 1 aliphatic heterocycles. The molecule has 2 amide bonds. The average Bonchev–Trinajstić information content (AvgIpc) is 2.95. The third-order valence-corrected chi connectivity index (χ3v) is 4.88. The van der Waals surface area contributed by atoms with E-state index in [0.717, 1.165) is 12.3 Å². The lowest BCUT2D eigenvalue weighted by atomic mass is 9.81. The van der Waals surface area contributed by atoms with Crippen molar-refractivity contribution in [1.29, 1.82) is 0 Å². The van der Waals surface area contributed by atoms with Crippen molar-refractivity contribution in [3.8, 4) is 0 Å². The number of rotatable bonds is 4. The molecule has 1 atom stereocenters. The van der Waals surface area contributed by atoms with Crippen LogP contribution in [0.1, 0.15) is 51.9 Å². The summed E-state index contributed by atoms with van der Waals surface area (Å²) in [5.74, 6) is 0.533. The van der Waals surface area contributed by atoms with Gasteiger partial charge in [-0.05, 0) is 37.5 Å². The minimum atomic E-state index is -0.888. The van der Waals surface area contributed by atoms with E-state index >= 15 is 0 Å². The molecule has 0 spiro atoms. The van der Waals surface area contributed by atoms with Crippen LogP contribution in [-0.4, -0.2) is 41.1 Å². The maximum Gasteiger partial charge on any atom is 0.326 e. The summed E-state index contributed by atoms with van der Waals surface area (Å²) < 4.78 is 0. The smallest absolute Gasteiger partial charge is 0.326 e. The minimum absolute atomic E-state index is 0.201. The van der Waals surface area contributed by atoms with Crippen molar-refractivity contribution in [2.24, 2.45) is 11.8 Å². The first-order chi connectivity index (χ1) is 9.61. The Morgan fingerprint density at radius 1 is 1.15 bits per heavy atom. The Kier molecular flexibility index (Phi) is 5.26. The van der Waals surface area contributed by atoms with Crippen LogP contribution in [-0.2, 0) is 4.79 Å². The molecule has 0 radical (unpaired) electrons. The first-order valence-corrected chi connectivity index (χ1v) is 7.89. The van der Waals surface area contributed by atoms with Crippen molar-refractivity contribution in [1.82, 2.24) is 10.2 Å². The highest BCUT2D eigenvalue weighted by Gasteiger charge is 2.34. The normalized spacial score (nSPS) is 30.2. The van der Waals surface area contributed by atoms with Gasteiger partial charge in [0.25, 0.3) is 0 Å². The van der Waals surface area contributed by atoms with Crippen molar-refractivity contribution >= 4 is 12.0 Å². The van der Waals surface area contributed by atoms with Gasteiger partial charge in [0, 0.05) is 13.1 Å². The number of aliphatic carboxylic acids is 1. The molecule has 2 rings (SSSR count). The molecule has 1 saturated heterocycles. The number of carbonyl (C=O) groups is 2. The van der Waals surface area contributed by atoms with Gasteiger partial charge in [-0.2, -0.15) is 0 Å². The van der Waals surface area contributed by atoms with E-state index in [1.807, 2.05) is 0 Å². The van der Waals surface area contributed by atoms with Crippen LogP contribution in [0.5, 0.6) is 0 Å². The van der Waals surface area contributed by atoms with Crippen LogP contribution < -0.4 is 5.32 Å². The topological polar surface area (TPSA) is 69.6 Å². The molecule has 5 nitrogen and oxygen atoms in total. The van der Waals surface area contributed by atoms with Crippen molar-refractivity contribution in [2.45, 2.75) is 57.9 Å². The van der Waals surface area contributed by atoms with E-state index in [9.17, 15) is 9.59 Å². The van der Waals surface area contributed by atoms with Gasteiger partial charge in [-0.1, -0.05) is 26.2 Å². The monoisotopic (exact) mass is 282 g/mol. The van der Waals surface area contributed by atoms with Gasteiger partial charge in [0.2, 0.25) is 0 Å². The zero-order chi connectivity index (χ0) is 14.5. The maximum atomic E-state index is 12.1. The van der Waals surface area contributed by atoms with Gasteiger partial charge in [-0.15, -0.1) is 0 Å². The highest BCUT2D eigenvalue weighted by Crippen LogP contribution is 2.30. The second-order valence-corrected chi connectivity index (χ2v) is 6.17. The summed E-state index contributed by atoms with van der Waals surface area (Å²) in [7, 11) is 0. The first-order valence-electron chi connectivity index (χ1n) is 7.89. The van der Waals surface area contributed by atoms with E-state index in [1.54, 1.807) is 0 Å². The van der Waals surface area contributed by atoms with Crippen LogP contribution in [0.3, 0.4) is 0 Å². The van der Waals surface area contributed by atoms with Crippen molar-refractivity contribution in [3.05, 3.63) is 0 Å². The molecule has 0 aromatic carbocycles. The third-order valence-electron chi connectivity index (χ3n) is 4.88. The fourth-order valence-electron chi connectivity index (χ4n) is 3.44. The standard InChI is InChI=1S/C15H26N2O3/c1-2-11-5-7-12(8-6-11)10-16-15(20)17-9-3-4-13(17)14(18)19/h11-13H,2-10H2,1H3,(H,16,20)(H,18,19)/t11?,12?,13-/m1/s1.